The Morgan fingerprint density at radius 2 is 2.11 bits per heavy atom. The van der Waals surface area contributed by atoms with Gasteiger partial charge in [0.2, 0.25) is 0 Å². The second-order valence-corrected chi connectivity index (χ2v) is 3.73. The number of hydrogen-bond donors (Lipinski definition) is 1. The molecule has 92 valence electrons. The van der Waals surface area contributed by atoms with Crippen molar-refractivity contribution in [2.75, 3.05) is 5.32 Å². The summed E-state index contributed by atoms with van der Waals surface area (Å²) in [7, 11) is 0. The zero-order valence-corrected chi connectivity index (χ0v) is 9.55. The van der Waals surface area contributed by atoms with Crippen molar-refractivity contribution in [1.82, 2.24) is 4.98 Å². The Balaban J connectivity index is 2.35. The predicted molar refractivity (Wildman–Crippen MR) is 65.3 cm³/mol. The molecule has 1 heterocycles. The lowest BCUT2D eigenvalue weighted by atomic mass is 10.2. The van der Waals surface area contributed by atoms with Gasteiger partial charge < -0.3 is 5.32 Å². The van der Waals surface area contributed by atoms with E-state index in [1.165, 1.54) is 6.20 Å². The fourth-order valence-electron chi connectivity index (χ4n) is 1.46. The molecule has 0 spiro atoms. The van der Waals surface area contributed by atoms with Crippen LogP contribution in [0.1, 0.15) is 5.69 Å². The van der Waals surface area contributed by atoms with Crippen molar-refractivity contribution in [2.45, 2.75) is 6.92 Å². The maximum absolute atomic E-state index is 13.1. The van der Waals surface area contributed by atoms with Crippen LogP contribution in [0, 0.1) is 22.9 Å². The number of nitrogens with zero attached hydrogens (tertiary/aromatic N) is 2. The predicted octanol–water partition coefficient (Wildman–Crippen LogP) is 3.18. The summed E-state index contributed by atoms with van der Waals surface area (Å²) in [4.78, 5) is 14.3. The normalized spacial score (nSPS) is 10.1. The summed E-state index contributed by atoms with van der Waals surface area (Å²) in [6, 6.07) is 6.73. The first kappa shape index (κ1) is 12.0. The molecule has 0 saturated heterocycles. The molecule has 0 fully saturated rings. The number of nitro benzene ring substituents is 1. The summed E-state index contributed by atoms with van der Waals surface area (Å²) < 4.78 is 13.1. The Kier molecular flexibility index (Phi) is 3.18. The maximum atomic E-state index is 13.1. The average Bonchev–Trinajstić information content (AvgIpc) is 2.32. The second-order valence-electron chi connectivity index (χ2n) is 3.73. The maximum Gasteiger partial charge on any atom is 0.292 e. The summed E-state index contributed by atoms with van der Waals surface area (Å²) in [5.74, 6) is -0.539. The molecule has 0 amide bonds. The molecule has 2 rings (SSSR count). The molecular weight excluding hydrogens is 237 g/mol. The van der Waals surface area contributed by atoms with E-state index in [9.17, 15) is 14.5 Å². The molecule has 0 aliphatic carbocycles. The van der Waals surface area contributed by atoms with Crippen LogP contribution in [0.4, 0.5) is 21.5 Å². The van der Waals surface area contributed by atoms with Crippen molar-refractivity contribution in [3.63, 3.8) is 0 Å². The lowest BCUT2D eigenvalue weighted by Crippen LogP contribution is -1.98. The van der Waals surface area contributed by atoms with Crippen LogP contribution in [-0.2, 0) is 0 Å². The molecule has 0 unspecified atom stereocenters. The highest BCUT2D eigenvalue weighted by atomic mass is 19.1. The monoisotopic (exact) mass is 247 g/mol. The molecule has 1 aromatic carbocycles. The van der Waals surface area contributed by atoms with Gasteiger partial charge in [0, 0.05) is 17.8 Å². The van der Waals surface area contributed by atoms with Gasteiger partial charge in [-0.15, -0.1) is 0 Å². The number of halogens is 1. The quantitative estimate of drug-likeness (QED) is 0.668. The Labute approximate surface area is 102 Å². The highest BCUT2D eigenvalue weighted by molar-refractivity contribution is 5.69. The third kappa shape index (κ3) is 2.60. The van der Waals surface area contributed by atoms with Crippen molar-refractivity contribution < 1.29 is 9.31 Å². The van der Waals surface area contributed by atoms with E-state index >= 15 is 0 Å². The van der Waals surface area contributed by atoms with Crippen molar-refractivity contribution in [2.24, 2.45) is 0 Å². The van der Waals surface area contributed by atoms with Gasteiger partial charge in [0.25, 0.3) is 5.69 Å². The number of aryl methyl sites for hydroxylation is 1. The summed E-state index contributed by atoms with van der Waals surface area (Å²) >= 11 is 0. The number of benzene rings is 1. The number of aromatic nitrogens is 1. The standard InChI is InChI=1S/C12H10FN3O2/c1-8-2-4-10(7-14-8)15-11-6-9(13)3-5-12(11)16(17)18/h2-7,15H,1H3. The fourth-order valence-corrected chi connectivity index (χ4v) is 1.46. The summed E-state index contributed by atoms with van der Waals surface area (Å²) in [5.41, 5.74) is 1.31. The first-order chi connectivity index (χ1) is 8.56. The SMILES string of the molecule is Cc1ccc(Nc2cc(F)ccc2[N+](=O)[O-])cn1. The molecule has 0 bridgehead atoms. The van der Waals surface area contributed by atoms with E-state index in [1.54, 1.807) is 12.1 Å². The number of pyridine rings is 1. The molecule has 5 nitrogen and oxygen atoms in total. The van der Waals surface area contributed by atoms with Gasteiger partial charge in [-0.05, 0) is 25.1 Å². The Bertz CT molecular complexity index is 584. The molecule has 2 aromatic rings. The molecule has 18 heavy (non-hydrogen) atoms. The van der Waals surface area contributed by atoms with Crippen LogP contribution in [0.25, 0.3) is 0 Å². The summed E-state index contributed by atoms with van der Waals surface area (Å²) in [5, 5.41) is 13.6. The average molecular weight is 247 g/mol. The minimum absolute atomic E-state index is 0.102. The molecule has 1 aromatic heterocycles. The molecule has 0 radical (unpaired) electrons. The Morgan fingerprint density at radius 1 is 1.33 bits per heavy atom. The van der Waals surface area contributed by atoms with Gasteiger partial charge in [-0.25, -0.2) is 4.39 Å². The first-order valence-electron chi connectivity index (χ1n) is 5.20. The number of nitrogens with one attached hydrogen (secondary N) is 1. The van der Waals surface area contributed by atoms with Gasteiger partial charge in [0.15, 0.2) is 0 Å². The highest BCUT2D eigenvalue weighted by Crippen LogP contribution is 2.27. The molecule has 1 N–H and O–H groups in total. The van der Waals surface area contributed by atoms with Crippen LogP contribution in [0.2, 0.25) is 0 Å². The third-order valence-electron chi connectivity index (χ3n) is 2.35. The van der Waals surface area contributed by atoms with Crippen LogP contribution in [0.3, 0.4) is 0 Å². The van der Waals surface area contributed by atoms with Gasteiger partial charge >= 0.3 is 0 Å². The van der Waals surface area contributed by atoms with Crippen LogP contribution < -0.4 is 5.32 Å². The molecule has 0 saturated carbocycles. The minimum Gasteiger partial charge on any atom is -0.349 e. The Hall–Kier alpha value is -2.50. The van der Waals surface area contributed by atoms with E-state index in [0.29, 0.717) is 5.69 Å². The van der Waals surface area contributed by atoms with Crippen LogP contribution >= 0.6 is 0 Å². The van der Waals surface area contributed by atoms with Gasteiger partial charge in [-0.3, -0.25) is 15.1 Å². The van der Waals surface area contributed by atoms with Gasteiger partial charge in [-0.2, -0.15) is 0 Å². The van der Waals surface area contributed by atoms with E-state index in [-0.39, 0.29) is 11.4 Å². The van der Waals surface area contributed by atoms with Crippen molar-refractivity contribution in [1.29, 1.82) is 0 Å². The van der Waals surface area contributed by atoms with Crippen molar-refractivity contribution in [3.8, 4) is 0 Å². The van der Waals surface area contributed by atoms with E-state index in [1.807, 2.05) is 6.92 Å². The zero-order chi connectivity index (χ0) is 13.1. The van der Waals surface area contributed by atoms with Gasteiger partial charge in [-0.1, -0.05) is 0 Å². The summed E-state index contributed by atoms with van der Waals surface area (Å²) in [6.07, 6.45) is 1.53. The van der Waals surface area contributed by atoms with Gasteiger partial charge in [0.1, 0.15) is 11.5 Å². The van der Waals surface area contributed by atoms with Crippen LogP contribution in [0.5, 0.6) is 0 Å². The number of rotatable bonds is 3. The molecule has 6 heteroatoms. The van der Waals surface area contributed by atoms with E-state index in [2.05, 4.69) is 10.3 Å². The van der Waals surface area contributed by atoms with Crippen LogP contribution in [-0.4, -0.2) is 9.91 Å². The third-order valence-corrected chi connectivity index (χ3v) is 2.35. The largest absolute Gasteiger partial charge is 0.349 e. The lowest BCUT2D eigenvalue weighted by molar-refractivity contribution is -0.384. The van der Waals surface area contributed by atoms with E-state index in [0.717, 1.165) is 23.9 Å². The second kappa shape index (κ2) is 4.79. The summed E-state index contributed by atoms with van der Waals surface area (Å²) in [6.45, 7) is 1.83. The molecule has 0 aliphatic rings. The smallest absolute Gasteiger partial charge is 0.292 e. The number of hydrogen-bond acceptors (Lipinski definition) is 4. The van der Waals surface area contributed by atoms with Crippen LogP contribution in [0.15, 0.2) is 36.5 Å². The zero-order valence-electron chi connectivity index (χ0n) is 9.55. The molecular formula is C12H10FN3O2. The minimum atomic E-state index is -0.566. The fraction of sp³-hybridized carbons (Fsp3) is 0.0833. The van der Waals surface area contributed by atoms with Crippen molar-refractivity contribution in [3.05, 3.63) is 58.2 Å². The van der Waals surface area contributed by atoms with E-state index < -0.39 is 10.7 Å². The van der Waals surface area contributed by atoms with E-state index in [4.69, 9.17) is 0 Å². The molecule has 0 atom stereocenters. The van der Waals surface area contributed by atoms with Crippen molar-refractivity contribution >= 4 is 17.1 Å². The highest BCUT2D eigenvalue weighted by Gasteiger charge is 2.14. The number of anilines is 2. The molecule has 0 aliphatic heterocycles. The number of nitro groups is 1. The lowest BCUT2D eigenvalue weighted by Gasteiger charge is -2.07. The topological polar surface area (TPSA) is 68.1 Å². The first-order valence-corrected chi connectivity index (χ1v) is 5.20. The van der Waals surface area contributed by atoms with Gasteiger partial charge in [0.05, 0.1) is 16.8 Å². The Morgan fingerprint density at radius 3 is 2.72 bits per heavy atom.